The number of amides is 2. The van der Waals surface area contributed by atoms with E-state index in [1.54, 1.807) is 11.8 Å². The molecule has 4 atom stereocenters. The van der Waals surface area contributed by atoms with Crippen LogP contribution in [-0.2, 0) is 30.4 Å². The summed E-state index contributed by atoms with van der Waals surface area (Å²) in [5.41, 5.74) is 6.74. The largest absolute Gasteiger partial charge is 0.356 e. The second-order valence-electron chi connectivity index (χ2n) is 11.1. The molecular weight excluding hydrogens is 526 g/mol. The van der Waals surface area contributed by atoms with E-state index < -0.39 is 23.9 Å². The summed E-state index contributed by atoms with van der Waals surface area (Å²) in [4.78, 5) is 63.1. The van der Waals surface area contributed by atoms with Gasteiger partial charge in [-0.05, 0) is 75.9 Å². The number of ketones is 3. The summed E-state index contributed by atoms with van der Waals surface area (Å²) < 4.78 is 0. The number of nitrogens with two attached hydrogens (primary N) is 1. The van der Waals surface area contributed by atoms with Crippen molar-refractivity contribution in [2.75, 3.05) is 18.6 Å². The van der Waals surface area contributed by atoms with Gasteiger partial charge in [0.2, 0.25) is 11.8 Å². The molecule has 4 N–H and O–H groups in total. The van der Waals surface area contributed by atoms with Crippen LogP contribution in [0.25, 0.3) is 0 Å². The number of rotatable bonds is 21. The number of hydrogen-bond donors (Lipinski definition) is 3. The van der Waals surface area contributed by atoms with Crippen LogP contribution in [0.15, 0.2) is 30.3 Å². The highest BCUT2D eigenvalue weighted by molar-refractivity contribution is 7.98. The molecule has 0 fully saturated rings. The van der Waals surface area contributed by atoms with Crippen LogP contribution in [0.4, 0.5) is 0 Å². The Labute approximate surface area is 244 Å². The van der Waals surface area contributed by atoms with Crippen molar-refractivity contribution in [1.82, 2.24) is 10.6 Å². The first-order chi connectivity index (χ1) is 18.9. The fraction of sp³-hybridized carbons (Fsp3) is 0.645. The molecule has 1 aromatic carbocycles. The second-order valence-corrected chi connectivity index (χ2v) is 12.1. The van der Waals surface area contributed by atoms with Gasteiger partial charge >= 0.3 is 0 Å². The van der Waals surface area contributed by atoms with Crippen LogP contribution >= 0.6 is 11.8 Å². The highest BCUT2D eigenvalue weighted by atomic mass is 32.2. The van der Waals surface area contributed by atoms with Crippen molar-refractivity contribution in [3.63, 3.8) is 0 Å². The van der Waals surface area contributed by atoms with Crippen molar-refractivity contribution in [2.24, 2.45) is 23.5 Å². The maximum Gasteiger partial charge on any atom is 0.224 e. The topological polar surface area (TPSA) is 135 Å². The molecule has 4 unspecified atom stereocenters. The van der Waals surface area contributed by atoms with E-state index in [4.69, 9.17) is 5.73 Å². The van der Waals surface area contributed by atoms with Crippen LogP contribution in [0.3, 0.4) is 0 Å². The predicted octanol–water partition coefficient (Wildman–Crippen LogP) is 3.89. The number of carbonyl (C=O) groups is 5. The molecule has 2 amide bonds. The normalized spacial score (nSPS) is 14.2. The van der Waals surface area contributed by atoms with E-state index in [1.165, 1.54) is 13.8 Å². The van der Waals surface area contributed by atoms with E-state index in [2.05, 4.69) is 10.6 Å². The Balaban J connectivity index is 2.96. The molecule has 40 heavy (non-hydrogen) atoms. The summed E-state index contributed by atoms with van der Waals surface area (Å²) >= 11 is 1.61. The van der Waals surface area contributed by atoms with Gasteiger partial charge in [0.25, 0.3) is 0 Å². The van der Waals surface area contributed by atoms with Gasteiger partial charge in [0, 0.05) is 31.2 Å². The van der Waals surface area contributed by atoms with Crippen LogP contribution in [0.2, 0.25) is 0 Å². The average Bonchev–Trinajstić information content (AvgIpc) is 2.89. The summed E-state index contributed by atoms with van der Waals surface area (Å²) in [5, 5.41) is 5.88. The zero-order chi connectivity index (χ0) is 30.1. The number of hydrogen-bond acceptors (Lipinski definition) is 7. The fourth-order valence-electron chi connectivity index (χ4n) is 4.55. The van der Waals surface area contributed by atoms with Gasteiger partial charge < -0.3 is 21.2 Å². The van der Waals surface area contributed by atoms with Crippen molar-refractivity contribution < 1.29 is 24.0 Å². The minimum Gasteiger partial charge on any atom is -0.356 e. The molecule has 224 valence electrons. The fourth-order valence-corrected chi connectivity index (χ4v) is 5.07. The first kappa shape index (κ1) is 35.5. The number of Topliss-reactive ketones (excluding diaryl/α,β-unsaturated/α-hetero) is 3. The van der Waals surface area contributed by atoms with Crippen LogP contribution in [-0.4, -0.2) is 59.8 Å². The van der Waals surface area contributed by atoms with Gasteiger partial charge in [-0.25, -0.2) is 0 Å². The van der Waals surface area contributed by atoms with Gasteiger partial charge in [0.05, 0.1) is 12.1 Å². The molecule has 0 aliphatic heterocycles. The third-order valence-corrected chi connectivity index (χ3v) is 7.54. The van der Waals surface area contributed by atoms with E-state index in [0.717, 1.165) is 11.3 Å². The molecule has 0 spiro atoms. The van der Waals surface area contributed by atoms with Crippen molar-refractivity contribution in [1.29, 1.82) is 0 Å². The van der Waals surface area contributed by atoms with Crippen molar-refractivity contribution in [2.45, 2.75) is 91.1 Å². The van der Waals surface area contributed by atoms with E-state index >= 15 is 0 Å². The lowest BCUT2D eigenvalue weighted by Crippen LogP contribution is -2.46. The summed E-state index contributed by atoms with van der Waals surface area (Å²) in [5.74, 6) is -0.966. The Morgan fingerprint density at radius 2 is 1.57 bits per heavy atom. The van der Waals surface area contributed by atoms with Gasteiger partial charge in [0.1, 0.15) is 11.6 Å². The molecule has 9 heteroatoms. The minimum atomic E-state index is -0.727. The molecule has 1 aromatic rings. The van der Waals surface area contributed by atoms with Crippen LogP contribution in [0.1, 0.15) is 78.2 Å². The minimum absolute atomic E-state index is 0.00417. The summed E-state index contributed by atoms with van der Waals surface area (Å²) in [6.07, 6.45) is 5.46. The molecule has 0 radical (unpaired) electrons. The molecule has 0 aromatic heterocycles. The standard InChI is InChI=1S/C31H49N3O5S/c1-21(2)17-28(34-31(39)25(14-16-40-5)18-22(3)35)29(37)20-26(19-24-11-7-6-8-12-24)30(38)33-15-10-9-13-27(32)23(4)36/h6-8,11-12,21,25-28H,9-10,13-20,32H2,1-5H3,(H,33,38)(H,34,39). The quantitative estimate of drug-likeness (QED) is 0.189. The van der Waals surface area contributed by atoms with Gasteiger partial charge in [-0.3, -0.25) is 19.2 Å². The molecule has 1 rings (SSSR count). The molecule has 8 nitrogen and oxygen atoms in total. The lowest BCUT2D eigenvalue weighted by Gasteiger charge is -2.25. The predicted molar refractivity (Wildman–Crippen MR) is 162 cm³/mol. The highest BCUT2D eigenvalue weighted by Crippen LogP contribution is 2.19. The smallest absolute Gasteiger partial charge is 0.224 e. The Bertz CT molecular complexity index is 954. The highest BCUT2D eigenvalue weighted by Gasteiger charge is 2.30. The van der Waals surface area contributed by atoms with E-state index in [-0.39, 0.29) is 47.9 Å². The summed E-state index contributed by atoms with van der Waals surface area (Å²) in [6, 6.07) is 8.35. The zero-order valence-electron chi connectivity index (χ0n) is 24.9. The molecule has 0 saturated carbocycles. The van der Waals surface area contributed by atoms with Gasteiger partial charge in [-0.1, -0.05) is 44.2 Å². The van der Waals surface area contributed by atoms with Crippen molar-refractivity contribution in [3.05, 3.63) is 35.9 Å². The second kappa shape index (κ2) is 19.5. The number of nitrogens with one attached hydrogen (secondary N) is 2. The molecule has 0 saturated heterocycles. The van der Waals surface area contributed by atoms with Crippen LogP contribution in [0, 0.1) is 17.8 Å². The number of thioether (sulfide) groups is 1. The lowest BCUT2D eigenvalue weighted by atomic mass is 9.88. The SMILES string of the molecule is CSCCC(CC(C)=O)C(=O)NC(CC(C)C)C(=O)CC(Cc1ccccc1)C(=O)NCCCCC(N)C(C)=O. The summed E-state index contributed by atoms with van der Waals surface area (Å²) in [7, 11) is 0. The Morgan fingerprint density at radius 3 is 2.15 bits per heavy atom. The molecule has 0 bridgehead atoms. The monoisotopic (exact) mass is 575 g/mol. The van der Waals surface area contributed by atoms with Crippen molar-refractivity contribution >= 4 is 40.9 Å². The van der Waals surface area contributed by atoms with Gasteiger partial charge in [-0.15, -0.1) is 0 Å². The van der Waals surface area contributed by atoms with Crippen LogP contribution in [0.5, 0.6) is 0 Å². The van der Waals surface area contributed by atoms with Gasteiger partial charge in [0.15, 0.2) is 5.78 Å². The van der Waals surface area contributed by atoms with Crippen LogP contribution < -0.4 is 16.4 Å². The molecule has 0 heterocycles. The first-order valence-electron chi connectivity index (χ1n) is 14.3. The number of benzene rings is 1. The molecular formula is C31H49N3O5S. The maximum absolute atomic E-state index is 13.6. The molecule has 0 aliphatic rings. The van der Waals surface area contributed by atoms with E-state index in [1.807, 2.05) is 50.4 Å². The van der Waals surface area contributed by atoms with E-state index in [0.29, 0.717) is 45.1 Å². The molecule has 0 aliphatic carbocycles. The summed E-state index contributed by atoms with van der Waals surface area (Å²) in [6.45, 7) is 7.34. The number of carbonyl (C=O) groups excluding carboxylic acids is 5. The third kappa shape index (κ3) is 14.7. The number of unbranched alkanes of at least 4 members (excludes halogenated alkanes) is 1. The lowest BCUT2D eigenvalue weighted by molar-refractivity contribution is -0.134. The zero-order valence-corrected chi connectivity index (χ0v) is 25.7. The van der Waals surface area contributed by atoms with Crippen molar-refractivity contribution in [3.8, 4) is 0 Å². The van der Waals surface area contributed by atoms with Gasteiger partial charge in [-0.2, -0.15) is 11.8 Å². The Hall–Kier alpha value is -2.52. The van der Waals surface area contributed by atoms with E-state index in [9.17, 15) is 24.0 Å². The first-order valence-corrected chi connectivity index (χ1v) is 15.7. The third-order valence-electron chi connectivity index (χ3n) is 6.89. The Morgan fingerprint density at radius 1 is 0.900 bits per heavy atom. The Kier molecular flexibility index (Phi) is 17.3. The average molecular weight is 576 g/mol. The maximum atomic E-state index is 13.6.